The van der Waals surface area contributed by atoms with Crippen molar-refractivity contribution in [3.63, 3.8) is 0 Å². The summed E-state index contributed by atoms with van der Waals surface area (Å²) in [6.45, 7) is -3.20. The molecular weight excluding hydrogens is 231 g/mol. The van der Waals surface area contributed by atoms with E-state index in [1.165, 1.54) is 24.3 Å². The third kappa shape index (κ3) is 6.09. The van der Waals surface area contributed by atoms with Gasteiger partial charge in [-0.15, -0.1) is 0 Å². The second-order valence-corrected chi connectivity index (χ2v) is 3.33. The van der Waals surface area contributed by atoms with Crippen molar-refractivity contribution in [2.75, 3.05) is 0 Å². The molecule has 0 spiro atoms. The molecule has 1 rings (SSSR count). The van der Waals surface area contributed by atoms with Crippen LogP contribution in [0.2, 0.25) is 0 Å². The first kappa shape index (κ1) is 15.7. The van der Waals surface area contributed by atoms with E-state index in [4.69, 9.17) is 5.11 Å². The quantitative estimate of drug-likeness (QED) is 0.720. The zero-order chi connectivity index (χ0) is 10.8. The zero-order valence-corrected chi connectivity index (χ0v) is 11.9. The summed E-state index contributed by atoms with van der Waals surface area (Å²) in [5.74, 6) is 0. The molecule has 0 aliphatic carbocycles. The molecule has 0 amide bonds. The third-order valence-corrected chi connectivity index (χ3v) is 1.93. The van der Waals surface area contributed by atoms with Crippen LogP contribution in [0.15, 0.2) is 24.3 Å². The SMILES string of the molecule is CC(O)c1ccc(C[B-](F)(F)F)cc1.[K+]. The molecule has 1 nitrogen and oxygen atoms in total. The molecule has 1 unspecified atom stereocenters. The number of hydrogen-bond acceptors (Lipinski definition) is 1. The van der Waals surface area contributed by atoms with Crippen molar-refractivity contribution < 1.29 is 69.4 Å². The molecule has 15 heavy (non-hydrogen) atoms. The maximum absolute atomic E-state index is 12.0. The van der Waals surface area contributed by atoms with Crippen LogP contribution in [0.4, 0.5) is 12.9 Å². The summed E-state index contributed by atoms with van der Waals surface area (Å²) in [5, 5.41) is 9.13. The van der Waals surface area contributed by atoms with E-state index in [9.17, 15) is 12.9 Å². The van der Waals surface area contributed by atoms with Crippen LogP contribution < -0.4 is 51.4 Å². The fraction of sp³-hybridized carbons (Fsp3) is 0.333. The molecule has 1 aromatic rings. The molecule has 6 heteroatoms. The van der Waals surface area contributed by atoms with Gasteiger partial charge in [-0.3, -0.25) is 0 Å². The molecule has 0 saturated carbocycles. The van der Waals surface area contributed by atoms with Crippen molar-refractivity contribution in [3.05, 3.63) is 35.4 Å². The molecule has 1 aromatic carbocycles. The summed E-state index contributed by atoms with van der Waals surface area (Å²) in [6.07, 6.45) is -1.50. The van der Waals surface area contributed by atoms with Crippen molar-refractivity contribution in [2.45, 2.75) is 19.3 Å². The predicted octanol–water partition coefficient (Wildman–Crippen LogP) is -0.327. The standard InChI is InChI=1S/C9H11BF3O.K/c1-7(14)9-4-2-8(3-5-9)6-10(11,12)13;/h2-5,7,14H,6H2,1H3;/q-1;+1. The minimum atomic E-state index is -4.77. The van der Waals surface area contributed by atoms with Crippen LogP contribution in [0.25, 0.3) is 0 Å². The van der Waals surface area contributed by atoms with Gasteiger partial charge in [-0.1, -0.05) is 36.1 Å². The zero-order valence-electron chi connectivity index (χ0n) is 8.75. The normalized spacial score (nSPS) is 13.1. The molecule has 1 N–H and O–H groups in total. The first-order valence-electron chi connectivity index (χ1n) is 4.36. The average molecular weight is 242 g/mol. The molecule has 78 valence electrons. The van der Waals surface area contributed by atoms with Crippen LogP contribution in [-0.2, 0) is 6.32 Å². The number of aliphatic hydroxyl groups excluding tert-OH is 1. The van der Waals surface area contributed by atoms with E-state index in [0.717, 1.165) is 0 Å². The monoisotopic (exact) mass is 242 g/mol. The maximum atomic E-state index is 12.0. The molecule has 1 atom stereocenters. The van der Waals surface area contributed by atoms with Gasteiger partial charge in [0.2, 0.25) is 0 Å². The number of halogens is 3. The van der Waals surface area contributed by atoms with E-state index < -0.39 is 19.4 Å². The van der Waals surface area contributed by atoms with E-state index in [1.807, 2.05) is 0 Å². The molecule has 0 heterocycles. The van der Waals surface area contributed by atoms with Crippen LogP contribution in [0, 0.1) is 0 Å². The van der Waals surface area contributed by atoms with Gasteiger partial charge in [0, 0.05) is 0 Å². The van der Waals surface area contributed by atoms with Crippen molar-refractivity contribution >= 4 is 6.98 Å². The molecule has 0 aliphatic heterocycles. The van der Waals surface area contributed by atoms with Gasteiger partial charge < -0.3 is 18.1 Å². The van der Waals surface area contributed by atoms with E-state index in [0.29, 0.717) is 5.56 Å². The Hall–Kier alpha value is 0.671. The predicted molar refractivity (Wildman–Crippen MR) is 49.9 cm³/mol. The van der Waals surface area contributed by atoms with Crippen molar-refractivity contribution in [1.82, 2.24) is 0 Å². The van der Waals surface area contributed by atoms with Gasteiger partial charge in [0.25, 0.3) is 0 Å². The molecule has 0 saturated heterocycles. The second-order valence-electron chi connectivity index (χ2n) is 3.33. The molecule has 0 aliphatic rings. The summed E-state index contributed by atoms with van der Waals surface area (Å²) >= 11 is 0. The van der Waals surface area contributed by atoms with Crippen LogP contribution in [-0.4, -0.2) is 12.1 Å². The topological polar surface area (TPSA) is 20.2 Å². The van der Waals surface area contributed by atoms with Gasteiger partial charge in [-0.2, -0.15) is 0 Å². The first-order valence-corrected chi connectivity index (χ1v) is 4.36. The Morgan fingerprint density at radius 1 is 1.20 bits per heavy atom. The van der Waals surface area contributed by atoms with Gasteiger partial charge in [0.05, 0.1) is 6.10 Å². The molecule has 0 bridgehead atoms. The Balaban J connectivity index is 0.00000196. The minimum Gasteiger partial charge on any atom is -0.449 e. The Kier molecular flexibility index (Phi) is 6.70. The van der Waals surface area contributed by atoms with Gasteiger partial charge in [-0.05, 0) is 12.5 Å². The molecule has 0 radical (unpaired) electrons. The van der Waals surface area contributed by atoms with E-state index in [2.05, 4.69) is 0 Å². The smallest absolute Gasteiger partial charge is 0.449 e. The summed E-state index contributed by atoms with van der Waals surface area (Å²) in [6, 6.07) is 5.83. The van der Waals surface area contributed by atoms with Crippen molar-refractivity contribution in [3.8, 4) is 0 Å². The fourth-order valence-electron chi connectivity index (χ4n) is 1.20. The number of benzene rings is 1. The van der Waals surface area contributed by atoms with E-state index in [-0.39, 0.29) is 56.9 Å². The largest absolute Gasteiger partial charge is 1.00 e. The first-order chi connectivity index (χ1) is 6.38. The van der Waals surface area contributed by atoms with Crippen LogP contribution >= 0.6 is 0 Å². The molecule has 0 aromatic heterocycles. The van der Waals surface area contributed by atoms with Crippen molar-refractivity contribution in [2.24, 2.45) is 0 Å². The fourth-order valence-corrected chi connectivity index (χ4v) is 1.20. The molecule has 0 fully saturated rings. The Labute approximate surface area is 130 Å². The van der Waals surface area contributed by atoms with Crippen LogP contribution in [0.3, 0.4) is 0 Å². The summed E-state index contributed by atoms with van der Waals surface area (Å²) in [7, 11) is 0. The van der Waals surface area contributed by atoms with Crippen LogP contribution in [0.1, 0.15) is 24.2 Å². The van der Waals surface area contributed by atoms with Gasteiger partial charge in [0.1, 0.15) is 0 Å². The third-order valence-electron chi connectivity index (χ3n) is 1.93. The van der Waals surface area contributed by atoms with Gasteiger partial charge in [-0.25, -0.2) is 0 Å². The minimum absolute atomic E-state index is 0. The Morgan fingerprint density at radius 2 is 1.67 bits per heavy atom. The van der Waals surface area contributed by atoms with E-state index >= 15 is 0 Å². The summed E-state index contributed by atoms with van der Waals surface area (Å²) < 4.78 is 36.0. The van der Waals surface area contributed by atoms with Crippen molar-refractivity contribution in [1.29, 1.82) is 0 Å². The Bertz CT molecular complexity index is 297. The Morgan fingerprint density at radius 3 is 2.00 bits per heavy atom. The van der Waals surface area contributed by atoms with Gasteiger partial charge >= 0.3 is 58.4 Å². The average Bonchev–Trinajstić information content (AvgIpc) is 2.02. The maximum Gasteiger partial charge on any atom is 1.00 e. The molecular formula is C9H11BF3KO. The summed E-state index contributed by atoms with van der Waals surface area (Å²) in [5.41, 5.74) is 0.866. The number of hydrogen-bond donors (Lipinski definition) is 1. The van der Waals surface area contributed by atoms with Crippen LogP contribution in [0.5, 0.6) is 0 Å². The number of aliphatic hydroxyl groups is 1. The summed E-state index contributed by atoms with van der Waals surface area (Å²) in [4.78, 5) is 0. The van der Waals surface area contributed by atoms with E-state index in [1.54, 1.807) is 6.92 Å². The second kappa shape index (κ2) is 6.42. The van der Waals surface area contributed by atoms with Gasteiger partial charge in [0.15, 0.2) is 0 Å². The number of rotatable bonds is 3.